The number of hydrogen-bond acceptors (Lipinski definition) is 7. The summed E-state index contributed by atoms with van der Waals surface area (Å²) in [4.78, 5) is 45.1. The molecule has 2 amide bonds. The summed E-state index contributed by atoms with van der Waals surface area (Å²) >= 11 is 7.32. The number of anilines is 1. The minimum Gasteiger partial charge on any atom is -0.379 e. The monoisotopic (exact) mass is 557 g/mol. The van der Waals surface area contributed by atoms with Crippen molar-refractivity contribution in [1.82, 2.24) is 19.8 Å². The molecule has 2 aromatic carbocycles. The number of para-hydroxylation sites is 2. The van der Waals surface area contributed by atoms with Crippen LogP contribution in [0.2, 0.25) is 5.02 Å². The molecule has 0 spiro atoms. The van der Waals surface area contributed by atoms with E-state index in [-0.39, 0.29) is 23.1 Å². The highest BCUT2D eigenvalue weighted by molar-refractivity contribution is 7.99. The minimum atomic E-state index is -0.256. The van der Waals surface area contributed by atoms with E-state index in [1.54, 1.807) is 47.0 Å². The number of rotatable bonds is 12. The summed E-state index contributed by atoms with van der Waals surface area (Å²) in [6.45, 7) is 5.28. The molecule has 1 fully saturated rings. The van der Waals surface area contributed by atoms with Gasteiger partial charge in [-0.15, -0.1) is 0 Å². The summed E-state index contributed by atoms with van der Waals surface area (Å²) in [6.07, 6.45) is 1.67. The predicted octanol–water partition coefficient (Wildman–Crippen LogP) is 3.40. The second-order valence-electron chi connectivity index (χ2n) is 8.95. The number of aromatic nitrogens is 2. The Hall–Kier alpha value is -2.92. The number of nitrogens with zero attached hydrogens (tertiary/aromatic N) is 3. The summed E-state index contributed by atoms with van der Waals surface area (Å²) in [6, 6.07) is 14.1. The number of morpholine rings is 1. The molecule has 0 radical (unpaired) electrons. The summed E-state index contributed by atoms with van der Waals surface area (Å²) < 4.78 is 6.91. The normalized spacial score (nSPS) is 13.9. The van der Waals surface area contributed by atoms with E-state index in [2.05, 4.69) is 20.5 Å². The highest BCUT2D eigenvalue weighted by Gasteiger charge is 2.15. The number of amides is 2. The molecule has 0 bridgehead atoms. The first kappa shape index (κ1) is 28.1. The van der Waals surface area contributed by atoms with Crippen LogP contribution in [0.1, 0.15) is 19.3 Å². The molecule has 0 atom stereocenters. The van der Waals surface area contributed by atoms with E-state index in [1.165, 1.54) is 11.8 Å². The maximum atomic E-state index is 13.2. The van der Waals surface area contributed by atoms with E-state index in [9.17, 15) is 14.4 Å². The van der Waals surface area contributed by atoms with Crippen molar-refractivity contribution in [2.24, 2.45) is 0 Å². The fourth-order valence-corrected chi connectivity index (χ4v) is 5.18. The van der Waals surface area contributed by atoms with E-state index < -0.39 is 0 Å². The first-order chi connectivity index (χ1) is 18.5. The molecule has 0 saturated carbocycles. The van der Waals surface area contributed by atoms with Crippen LogP contribution in [0.25, 0.3) is 10.9 Å². The zero-order chi connectivity index (χ0) is 26.7. The first-order valence-electron chi connectivity index (χ1n) is 12.7. The van der Waals surface area contributed by atoms with Crippen LogP contribution in [0, 0.1) is 0 Å². The van der Waals surface area contributed by atoms with Gasteiger partial charge in [0, 0.05) is 32.6 Å². The quantitative estimate of drug-likeness (QED) is 0.200. The van der Waals surface area contributed by atoms with Crippen LogP contribution in [0.4, 0.5) is 5.69 Å². The van der Waals surface area contributed by atoms with Gasteiger partial charge in [0.05, 0.1) is 40.6 Å². The van der Waals surface area contributed by atoms with E-state index in [0.717, 1.165) is 39.3 Å². The molecule has 38 heavy (non-hydrogen) atoms. The molecular weight excluding hydrogens is 526 g/mol. The van der Waals surface area contributed by atoms with Gasteiger partial charge in [-0.1, -0.05) is 47.6 Å². The smallest absolute Gasteiger partial charge is 0.262 e. The Morgan fingerprint density at radius 3 is 2.58 bits per heavy atom. The molecule has 2 heterocycles. The number of fused-ring (bicyclic) bond motifs is 1. The Labute approximate surface area is 230 Å². The Kier molecular flexibility index (Phi) is 10.6. The Morgan fingerprint density at radius 2 is 1.76 bits per heavy atom. The van der Waals surface area contributed by atoms with E-state index in [0.29, 0.717) is 52.7 Å². The van der Waals surface area contributed by atoms with E-state index in [1.807, 2.05) is 6.07 Å². The third-order valence-corrected chi connectivity index (χ3v) is 7.48. The van der Waals surface area contributed by atoms with Crippen LogP contribution in [0.5, 0.6) is 0 Å². The third kappa shape index (κ3) is 8.04. The first-order valence-corrected chi connectivity index (χ1v) is 14.1. The zero-order valence-electron chi connectivity index (χ0n) is 21.2. The standard InChI is InChI=1S/C27H32ClN5O4S/c28-21-8-2-4-10-23(21)30-25(35)19-38-27-31-22-9-3-1-7-20(22)26(36)33(27)14-5-11-24(34)29-12-6-13-32-15-17-37-18-16-32/h1-4,7-10H,5-6,11-19H2,(H,29,34)(H,30,35). The van der Waals surface area contributed by atoms with Crippen molar-refractivity contribution in [3.05, 3.63) is 63.9 Å². The molecule has 0 unspecified atom stereocenters. The van der Waals surface area contributed by atoms with Crippen LogP contribution >= 0.6 is 23.4 Å². The number of carbonyl (C=O) groups is 2. The summed E-state index contributed by atoms with van der Waals surface area (Å²) in [7, 11) is 0. The molecular formula is C27H32ClN5O4S. The average Bonchev–Trinajstić information content (AvgIpc) is 2.93. The van der Waals surface area contributed by atoms with Gasteiger partial charge in [0.2, 0.25) is 11.8 Å². The largest absolute Gasteiger partial charge is 0.379 e. The zero-order valence-corrected chi connectivity index (χ0v) is 22.7. The van der Waals surface area contributed by atoms with Crippen LogP contribution in [-0.2, 0) is 20.9 Å². The Balaban J connectivity index is 1.32. The van der Waals surface area contributed by atoms with Crippen LogP contribution in [-0.4, -0.2) is 71.4 Å². The van der Waals surface area contributed by atoms with Crippen LogP contribution < -0.4 is 16.2 Å². The van der Waals surface area contributed by atoms with Crippen molar-refractivity contribution in [2.45, 2.75) is 31.0 Å². The van der Waals surface area contributed by atoms with Crippen LogP contribution in [0.3, 0.4) is 0 Å². The van der Waals surface area contributed by atoms with Crippen molar-refractivity contribution < 1.29 is 14.3 Å². The summed E-state index contributed by atoms with van der Waals surface area (Å²) in [5.41, 5.74) is 0.913. The number of halogens is 1. The van der Waals surface area contributed by atoms with Crippen LogP contribution in [0.15, 0.2) is 58.5 Å². The molecule has 1 aromatic heterocycles. The number of ether oxygens (including phenoxy) is 1. The number of benzene rings is 2. The molecule has 1 aliphatic rings. The van der Waals surface area contributed by atoms with Gasteiger partial charge in [-0.3, -0.25) is 23.9 Å². The number of thioether (sulfide) groups is 1. The van der Waals surface area contributed by atoms with Gasteiger partial charge in [-0.25, -0.2) is 4.98 Å². The molecule has 1 aliphatic heterocycles. The fraction of sp³-hybridized carbons (Fsp3) is 0.407. The van der Waals surface area contributed by atoms with E-state index >= 15 is 0 Å². The Bertz CT molecular complexity index is 1310. The molecule has 0 aliphatic carbocycles. The lowest BCUT2D eigenvalue weighted by Gasteiger charge is -2.26. The second-order valence-corrected chi connectivity index (χ2v) is 10.3. The minimum absolute atomic E-state index is 0.0397. The molecule has 9 nitrogen and oxygen atoms in total. The Morgan fingerprint density at radius 1 is 1.00 bits per heavy atom. The van der Waals surface area contributed by atoms with Gasteiger partial charge in [-0.2, -0.15) is 0 Å². The predicted molar refractivity (Wildman–Crippen MR) is 151 cm³/mol. The second kappa shape index (κ2) is 14.3. The number of hydrogen-bond donors (Lipinski definition) is 2. The third-order valence-electron chi connectivity index (χ3n) is 6.17. The maximum absolute atomic E-state index is 13.2. The number of nitrogens with one attached hydrogen (secondary N) is 2. The van der Waals surface area contributed by atoms with Crippen molar-refractivity contribution in [2.75, 3.05) is 50.5 Å². The van der Waals surface area contributed by atoms with E-state index in [4.69, 9.17) is 16.3 Å². The molecule has 1 saturated heterocycles. The number of carbonyl (C=O) groups excluding carboxylic acids is 2. The molecule has 11 heteroatoms. The van der Waals surface area contributed by atoms with Gasteiger partial charge >= 0.3 is 0 Å². The van der Waals surface area contributed by atoms with Crippen molar-refractivity contribution in [3.63, 3.8) is 0 Å². The molecule has 202 valence electrons. The topological polar surface area (TPSA) is 106 Å². The fourth-order valence-electron chi connectivity index (χ4n) is 4.18. The SMILES string of the molecule is O=C(CCCn1c(SCC(=O)Nc2ccccc2Cl)nc2ccccc2c1=O)NCCCN1CCOCC1. The van der Waals surface area contributed by atoms with Gasteiger partial charge in [-0.05, 0) is 43.7 Å². The molecule has 2 N–H and O–H groups in total. The lowest BCUT2D eigenvalue weighted by atomic mass is 10.2. The van der Waals surface area contributed by atoms with Crippen molar-refractivity contribution in [1.29, 1.82) is 0 Å². The van der Waals surface area contributed by atoms with Crippen molar-refractivity contribution in [3.8, 4) is 0 Å². The lowest BCUT2D eigenvalue weighted by molar-refractivity contribution is -0.121. The average molecular weight is 558 g/mol. The van der Waals surface area contributed by atoms with Gasteiger partial charge in [0.25, 0.3) is 5.56 Å². The highest BCUT2D eigenvalue weighted by atomic mass is 35.5. The van der Waals surface area contributed by atoms with Crippen molar-refractivity contribution >= 4 is 51.8 Å². The summed E-state index contributed by atoms with van der Waals surface area (Å²) in [5.74, 6) is -0.241. The molecule has 4 rings (SSSR count). The molecule has 3 aromatic rings. The lowest BCUT2D eigenvalue weighted by Crippen LogP contribution is -2.38. The van der Waals surface area contributed by atoms with Gasteiger partial charge in [0.1, 0.15) is 0 Å². The van der Waals surface area contributed by atoms with Gasteiger partial charge in [0.15, 0.2) is 5.16 Å². The van der Waals surface area contributed by atoms with Gasteiger partial charge < -0.3 is 15.4 Å². The highest BCUT2D eigenvalue weighted by Crippen LogP contribution is 2.22. The summed E-state index contributed by atoms with van der Waals surface area (Å²) in [5, 5.41) is 7.15. The maximum Gasteiger partial charge on any atom is 0.262 e.